The van der Waals surface area contributed by atoms with Crippen molar-refractivity contribution in [2.24, 2.45) is 10.7 Å². The van der Waals surface area contributed by atoms with E-state index in [9.17, 15) is 4.39 Å². The Kier molecular flexibility index (Phi) is 3.23. The third kappa shape index (κ3) is 2.55. The van der Waals surface area contributed by atoms with Gasteiger partial charge in [0.15, 0.2) is 0 Å². The fraction of sp³-hybridized carbons (Fsp3) is 0.364. The van der Waals surface area contributed by atoms with Crippen LogP contribution in [0.3, 0.4) is 0 Å². The molecule has 1 rings (SSSR count). The maximum atomic E-state index is 12.9. The third-order valence-electron chi connectivity index (χ3n) is 1.85. The molecule has 0 aliphatic rings. The Morgan fingerprint density at radius 2 is 2.07 bits per heavy atom. The number of hydrogen-bond acceptors (Lipinski definition) is 1. The van der Waals surface area contributed by atoms with Gasteiger partial charge in [-0.25, -0.2) is 4.39 Å². The Balaban J connectivity index is 3.03. The first kappa shape index (κ1) is 10.7. The highest BCUT2D eigenvalue weighted by atomic mass is 19.1. The Bertz CT molecular complexity index is 356. The van der Waals surface area contributed by atoms with Gasteiger partial charge in [-0.15, -0.1) is 0 Å². The van der Waals surface area contributed by atoms with Gasteiger partial charge in [0, 0.05) is 11.6 Å². The number of nitrogens with two attached hydrogens (primary N) is 1. The van der Waals surface area contributed by atoms with Crippen LogP contribution in [0.2, 0.25) is 0 Å². The van der Waals surface area contributed by atoms with E-state index >= 15 is 0 Å². The van der Waals surface area contributed by atoms with Crippen LogP contribution in [0.25, 0.3) is 0 Å². The van der Waals surface area contributed by atoms with Crippen LogP contribution in [-0.4, -0.2) is 11.9 Å². The molecule has 1 aromatic rings. The van der Waals surface area contributed by atoms with Gasteiger partial charge in [0.25, 0.3) is 0 Å². The molecule has 0 atom stereocenters. The van der Waals surface area contributed by atoms with Crippen molar-refractivity contribution in [3.05, 3.63) is 35.1 Å². The van der Waals surface area contributed by atoms with E-state index in [0.717, 1.165) is 5.56 Å². The standard InChI is InChI=1S/C11H15FN2/c1-7(2)14-11(13)9-4-5-10(12)8(3)6-9/h4-7H,1-3H3,(H2,13,14). The first-order chi connectivity index (χ1) is 6.50. The van der Waals surface area contributed by atoms with Crippen molar-refractivity contribution in [3.63, 3.8) is 0 Å². The molecule has 14 heavy (non-hydrogen) atoms. The largest absolute Gasteiger partial charge is 0.383 e. The molecule has 3 heteroatoms. The number of nitrogens with zero attached hydrogens (tertiary/aromatic N) is 1. The van der Waals surface area contributed by atoms with Crippen molar-refractivity contribution in [3.8, 4) is 0 Å². The molecule has 0 heterocycles. The van der Waals surface area contributed by atoms with Crippen molar-refractivity contribution in [1.82, 2.24) is 0 Å². The lowest BCUT2D eigenvalue weighted by Crippen LogP contribution is -2.15. The van der Waals surface area contributed by atoms with E-state index in [2.05, 4.69) is 4.99 Å². The quantitative estimate of drug-likeness (QED) is 0.569. The topological polar surface area (TPSA) is 38.4 Å². The van der Waals surface area contributed by atoms with Gasteiger partial charge in [-0.05, 0) is 44.5 Å². The summed E-state index contributed by atoms with van der Waals surface area (Å²) in [4.78, 5) is 4.19. The molecular formula is C11H15FN2. The van der Waals surface area contributed by atoms with Crippen molar-refractivity contribution < 1.29 is 4.39 Å². The molecule has 0 bridgehead atoms. The maximum absolute atomic E-state index is 12.9. The fourth-order valence-electron chi connectivity index (χ4n) is 1.16. The van der Waals surface area contributed by atoms with Crippen molar-refractivity contribution in [2.75, 3.05) is 0 Å². The first-order valence-corrected chi connectivity index (χ1v) is 4.60. The molecule has 0 aromatic heterocycles. The molecule has 2 nitrogen and oxygen atoms in total. The highest BCUT2D eigenvalue weighted by Gasteiger charge is 2.02. The van der Waals surface area contributed by atoms with Gasteiger partial charge < -0.3 is 5.73 Å². The molecular weight excluding hydrogens is 179 g/mol. The minimum atomic E-state index is -0.217. The maximum Gasteiger partial charge on any atom is 0.126 e. The SMILES string of the molecule is Cc1cc(C(N)=NC(C)C)ccc1F. The smallest absolute Gasteiger partial charge is 0.126 e. The third-order valence-corrected chi connectivity index (χ3v) is 1.85. The Hall–Kier alpha value is -1.38. The summed E-state index contributed by atoms with van der Waals surface area (Å²) >= 11 is 0. The zero-order valence-electron chi connectivity index (χ0n) is 8.71. The highest BCUT2D eigenvalue weighted by molar-refractivity contribution is 5.97. The Labute approximate surface area is 83.7 Å². The lowest BCUT2D eigenvalue weighted by atomic mass is 10.1. The molecule has 0 fully saturated rings. The van der Waals surface area contributed by atoms with E-state index in [1.807, 2.05) is 13.8 Å². The second-order valence-electron chi connectivity index (χ2n) is 3.57. The molecule has 76 valence electrons. The van der Waals surface area contributed by atoms with E-state index in [4.69, 9.17) is 5.73 Å². The van der Waals surface area contributed by atoms with Crippen molar-refractivity contribution >= 4 is 5.84 Å². The van der Waals surface area contributed by atoms with Gasteiger partial charge in [0.05, 0.1) is 0 Å². The number of rotatable bonds is 2. The molecule has 0 amide bonds. The summed E-state index contributed by atoms with van der Waals surface area (Å²) in [6.07, 6.45) is 0. The molecule has 0 unspecified atom stereocenters. The lowest BCUT2D eigenvalue weighted by Gasteiger charge is -2.04. The average molecular weight is 194 g/mol. The second kappa shape index (κ2) is 4.22. The van der Waals surface area contributed by atoms with E-state index in [1.54, 1.807) is 19.1 Å². The lowest BCUT2D eigenvalue weighted by molar-refractivity contribution is 0.618. The summed E-state index contributed by atoms with van der Waals surface area (Å²) in [7, 11) is 0. The van der Waals surface area contributed by atoms with Gasteiger partial charge in [0.2, 0.25) is 0 Å². The highest BCUT2D eigenvalue weighted by Crippen LogP contribution is 2.09. The summed E-state index contributed by atoms with van der Waals surface area (Å²) in [5.41, 5.74) is 7.11. The Morgan fingerprint density at radius 3 is 2.57 bits per heavy atom. The predicted octanol–water partition coefficient (Wildman–Crippen LogP) is 2.25. The minimum Gasteiger partial charge on any atom is -0.383 e. The van der Waals surface area contributed by atoms with Gasteiger partial charge >= 0.3 is 0 Å². The first-order valence-electron chi connectivity index (χ1n) is 4.60. The summed E-state index contributed by atoms with van der Waals surface area (Å²) in [6, 6.07) is 4.91. The molecule has 0 aliphatic carbocycles. The van der Waals surface area contributed by atoms with Crippen LogP contribution >= 0.6 is 0 Å². The normalized spacial score (nSPS) is 12.2. The van der Waals surface area contributed by atoms with Crippen molar-refractivity contribution in [1.29, 1.82) is 0 Å². The molecule has 1 aromatic carbocycles. The van der Waals surface area contributed by atoms with Crippen LogP contribution in [-0.2, 0) is 0 Å². The second-order valence-corrected chi connectivity index (χ2v) is 3.57. The van der Waals surface area contributed by atoms with Gasteiger partial charge in [-0.3, -0.25) is 4.99 Å². The average Bonchev–Trinajstić information content (AvgIpc) is 2.08. The molecule has 0 aliphatic heterocycles. The number of hydrogen-bond donors (Lipinski definition) is 1. The zero-order valence-corrected chi connectivity index (χ0v) is 8.71. The number of amidine groups is 1. The summed E-state index contributed by atoms with van der Waals surface area (Å²) < 4.78 is 12.9. The van der Waals surface area contributed by atoms with Gasteiger partial charge in [0.1, 0.15) is 11.7 Å². The number of aryl methyl sites for hydroxylation is 1. The van der Waals surface area contributed by atoms with Crippen molar-refractivity contribution in [2.45, 2.75) is 26.8 Å². The fourth-order valence-corrected chi connectivity index (χ4v) is 1.16. The van der Waals surface area contributed by atoms with E-state index in [-0.39, 0.29) is 11.9 Å². The van der Waals surface area contributed by atoms with Crippen LogP contribution in [0.4, 0.5) is 4.39 Å². The predicted molar refractivity (Wildman–Crippen MR) is 57.0 cm³/mol. The van der Waals surface area contributed by atoms with Crippen LogP contribution in [0.15, 0.2) is 23.2 Å². The summed E-state index contributed by atoms with van der Waals surface area (Å²) in [5, 5.41) is 0. The molecule has 0 spiro atoms. The van der Waals surface area contributed by atoms with Crippen LogP contribution in [0, 0.1) is 12.7 Å². The number of aliphatic imine (C=N–C) groups is 1. The monoisotopic (exact) mass is 194 g/mol. The van der Waals surface area contributed by atoms with Crippen LogP contribution < -0.4 is 5.73 Å². The summed E-state index contributed by atoms with van der Waals surface area (Å²) in [5.74, 6) is 0.245. The molecule has 0 saturated heterocycles. The van der Waals surface area contributed by atoms with Gasteiger partial charge in [-0.1, -0.05) is 0 Å². The minimum absolute atomic E-state index is 0.153. The number of benzene rings is 1. The Morgan fingerprint density at radius 1 is 1.43 bits per heavy atom. The molecule has 0 saturated carbocycles. The van der Waals surface area contributed by atoms with E-state index < -0.39 is 0 Å². The van der Waals surface area contributed by atoms with Crippen LogP contribution in [0.5, 0.6) is 0 Å². The van der Waals surface area contributed by atoms with Gasteiger partial charge in [-0.2, -0.15) is 0 Å². The zero-order chi connectivity index (χ0) is 10.7. The summed E-state index contributed by atoms with van der Waals surface area (Å²) in [6.45, 7) is 5.61. The molecule has 2 N–H and O–H groups in total. The van der Waals surface area contributed by atoms with Crippen LogP contribution in [0.1, 0.15) is 25.0 Å². The van der Waals surface area contributed by atoms with E-state index in [1.165, 1.54) is 6.07 Å². The van der Waals surface area contributed by atoms with E-state index in [0.29, 0.717) is 11.4 Å². The molecule has 0 radical (unpaired) electrons. The number of halogens is 1.